The molecule has 0 spiro atoms. The molecule has 0 aliphatic heterocycles. The van der Waals surface area contributed by atoms with Gasteiger partial charge < -0.3 is 10.4 Å². The first kappa shape index (κ1) is 14.7. The van der Waals surface area contributed by atoms with Gasteiger partial charge in [-0.05, 0) is 31.5 Å². The predicted octanol–water partition coefficient (Wildman–Crippen LogP) is 1.81. The smallest absolute Gasteiger partial charge is 0.337 e. The van der Waals surface area contributed by atoms with Crippen LogP contribution in [0.15, 0.2) is 24.4 Å². The maximum absolute atomic E-state index is 12.2. The van der Waals surface area contributed by atoms with E-state index in [1.54, 1.807) is 10.7 Å². The topological polar surface area (TPSA) is 97.1 Å². The van der Waals surface area contributed by atoms with Gasteiger partial charge in [0.15, 0.2) is 0 Å². The van der Waals surface area contributed by atoms with Crippen molar-refractivity contribution < 1.29 is 14.7 Å². The monoisotopic (exact) mass is 288 g/mol. The zero-order valence-corrected chi connectivity index (χ0v) is 11.8. The highest BCUT2D eigenvalue weighted by atomic mass is 16.4. The summed E-state index contributed by atoms with van der Waals surface area (Å²) < 4.78 is 1.62. The number of aromatic carboxylic acids is 1. The van der Waals surface area contributed by atoms with Crippen LogP contribution in [-0.4, -0.2) is 31.7 Å². The molecule has 0 aliphatic carbocycles. The summed E-state index contributed by atoms with van der Waals surface area (Å²) in [5.41, 5.74) is 1.37. The van der Waals surface area contributed by atoms with Crippen molar-refractivity contribution in [2.45, 2.75) is 26.8 Å². The number of carbonyl (C=O) groups is 2. The van der Waals surface area contributed by atoms with Gasteiger partial charge in [0.25, 0.3) is 5.91 Å². The lowest BCUT2D eigenvalue weighted by atomic mass is 10.2. The van der Waals surface area contributed by atoms with Crippen molar-refractivity contribution in [1.29, 1.82) is 0 Å². The van der Waals surface area contributed by atoms with Crippen LogP contribution in [0.4, 0.5) is 5.82 Å². The molecule has 7 heteroatoms. The van der Waals surface area contributed by atoms with E-state index in [4.69, 9.17) is 5.11 Å². The molecule has 1 amide bonds. The van der Waals surface area contributed by atoms with Crippen molar-refractivity contribution in [3.05, 3.63) is 41.3 Å². The number of aryl methyl sites for hydroxylation is 2. The Morgan fingerprint density at radius 2 is 2.10 bits per heavy atom. The molecule has 2 aromatic rings. The maximum atomic E-state index is 12.2. The van der Waals surface area contributed by atoms with Gasteiger partial charge in [-0.15, -0.1) is 0 Å². The van der Waals surface area contributed by atoms with Crippen LogP contribution in [-0.2, 0) is 13.0 Å². The standard InChI is InChI=1S/C14H16N4O3/c1-3-10-7-11(18(4-2)17-10)13(19)16-12-6-5-9(8-15-12)14(20)21/h5-8H,3-4H2,1-2H3,(H,20,21)(H,15,16,19). The highest BCUT2D eigenvalue weighted by molar-refractivity contribution is 6.02. The summed E-state index contributed by atoms with van der Waals surface area (Å²) in [5.74, 6) is -1.08. The molecule has 21 heavy (non-hydrogen) atoms. The normalized spacial score (nSPS) is 10.4. The molecule has 2 N–H and O–H groups in total. The van der Waals surface area contributed by atoms with Gasteiger partial charge in [-0.25, -0.2) is 9.78 Å². The van der Waals surface area contributed by atoms with E-state index in [9.17, 15) is 9.59 Å². The fraction of sp³-hybridized carbons (Fsp3) is 0.286. The number of rotatable bonds is 5. The fourth-order valence-electron chi connectivity index (χ4n) is 1.84. The summed E-state index contributed by atoms with van der Waals surface area (Å²) >= 11 is 0. The minimum absolute atomic E-state index is 0.0693. The minimum atomic E-state index is -1.06. The Balaban J connectivity index is 2.17. The number of amides is 1. The van der Waals surface area contributed by atoms with E-state index in [1.165, 1.54) is 18.3 Å². The number of aromatic nitrogens is 3. The largest absolute Gasteiger partial charge is 0.478 e. The van der Waals surface area contributed by atoms with Crippen LogP contribution in [0.2, 0.25) is 0 Å². The minimum Gasteiger partial charge on any atom is -0.478 e. The molecule has 0 aromatic carbocycles. The average molecular weight is 288 g/mol. The molecule has 0 unspecified atom stereocenters. The highest BCUT2D eigenvalue weighted by Crippen LogP contribution is 2.10. The maximum Gasteiger partial charge on any atom is 0.337 e. The summed E-state index contributed by atoms with van der Waals surface area (Å²) in [7, 11) is 0. The van der Waals surface area contributed by atoms with E-state index in [-0.39, 0.29) is 11.5 Å². The molecule has 0 aliphatic rings. The van der Waals surface area contributed by atoms with Gasteiger partial charge in [-0.1, -0.05) is 6.92 Å². The molecule has 110 valence electrons. The molecule has 7 nitrogen and oxygen atoms in total. The van der Waals surface area contributed by atoms with Crippen LogP contribution in [0.1, 0.15) is 40.4 Å². The van der Waals surface area contributed by atoms with Crippen LogP contribution in [0.3, 0.4) is 0 Å². The lowest BCUT2D eigenvalue weighted by Gasteiger charge is -2.06. The number of carbonyl (C=O) groups excluding carboxylic acids is 1. The molecule has 0 fully saturated rings. The lowest BCUT2D eigenvalue weighted by molar-refractivity contribution is 0.0696. The third kappa shape index (κ3) is 3.25. The van der Waals surface area contributed by atoms with Crippen molar-refractivity contribution in [2.75, 3.05) is 5.32 Å². The van der Waals surface area contributed by atoms with Gasteiger partial charge in [-0.3, -0.25) is 9.48 Å². The fourth-order valence-corrected chi connectivity index (χ4v) is 1.84. The van der Waals surface area contributed by atoms with Crippen LogP contribution in [0.5, 0.6) is 0 Å². The SMILES string of the molecule is CCc1cc(C(=O)Nc2ccc(C(=O)O)cn2)n(CC)n1. The van der Waals surface area contributed by atoms with Gasteiger partial charge in [0.2, 0.25) is 0 Å². The van der Waals surface area contributed by atoms with Gasteiger partial charge in [-0.2, -0.15) is 5.10 Å². The van der Waals surface area contributed by atoms with Crippen LogP contribution < -0.4 is 5.32 Å². The molecule has 0 bridgehead atoms. The molecule has 2 rings (SSSR count). The second-order valence-electron chi connectivity index (χ2n) is 4.38. The Kier molecular flexibility index (Phi) is 4.32. The van der Waals surface area contributed by atoms with Crippen molar-refractivity contribution in [3.8, 4) is 0 Å². The Hall–Kier alpha value is -2.70. The molecular weight excluding hydrogens is 272 g/mol. The van der Waals surface area contributed by atoms with Crippen molar-refractivity contribution >= 4 is 17.7 Å². The summed E-state index contributed by atoms with van der Waals surface area (Å²) in [6.07, 6.45) is 1.95. The number of nitrogens with zero attached hydrogens (tertiary/aromatic N) is 3. The predicted molar refractivity (Wildman–Crippen MR) is 76.4 cm³/mol. The van der Waals surface area contributed by atoms with E-state index in [1.807, 2.05) is 13.8 Å². The Morgan fingerprint density at radius 1 is 1.33 bits per heavy atom. The zero-order chi connectivity index (χ0) is 15.4. The van der Waals surface area contributed by atoms with Crippen LogP contribution in [0, 0.1) is 0 Å². The van der Waals surface area contributed by atoms with Crippen molar-refractivity contribution in [2.24, 2.45) is 0 Å². The number of hydrogen-bond acceptors (Lipinski definition) is 4. The molecule has 0 atom stereocenters. The van der Waals surface area contributed by atoms with Crippen molar-refractivity contribution in [1.82, 2.24) is 14.8 Å². The first-order valence-corrected chi connectivity index (χ1v) is 6.62. The Bertz CT molecular complexity index is 661. The number of pyridine rings is 1. The summed E-state index contributed by atoms with van der Waals surface area (Å²) in [4.78, 5) is 26.9. The quantitative estimate of drug-likeness (QED) is 0.874. The van der Waals surface area contributed by atoms with E-state index in [0.717, 1.165) is 12.1 Å². The highest BCUT2D eigenvalue weighted by Gasteiger charge is 2.14. The number of carboxylic acids is 1. The molecule has 2 heterocycles. The second-order valence-corrected chi connectivity index (χ2v) is 4.38. The number of hydrogen-bond donors (Lipinski definition) is 2. The van der Waals surface area contributed by atoms with Gasteiger partial charge in [0.05, 0.1) is 11.3 Å². The van der Waals surface area contributed by atoms with Gasteiger partial charge in [0, 0.05) is 12.7 Å². The van der Waals surface area contributed by atoms with E-state index < -0.39 is 5.97 Å². The van der Waals surface area contributed by atoms with E-state index >= 15 is 0 Å². The molecular formula is C14H16N4O3. The lowest BCUT2D eigenvalue weighted by Crippen LogP contribution is -2.18. The van der Waals surface area contributed by atoms with Gasteiger partial charge >= 0.3 is 5.97 Å². The zero-order valence-electron chi connectivity index (χ0n) is 11.8. The average Bonchev–Trinajstić information content (AvgIpc) is 2.91. The van der Waals surface area contributed by atoms with E-state index in [2.05, 4.69) is 15.4 Å². The third-order valence-corrected chi connectivity index (χ3v) is 2.98. The molecule has 0 saturated carbocycles. The van der Waals surface area contributed by atoms with Gasteiger partial charge in [0.1, 0.15) is 11.5 Å². The summed E-state index contributed by atoms with van der Waals surface area (Å²) in [6.45, 7) is 4.47. The molecule has 2 aromatic heterocycles. The van der Waals surface area contributed by atoms with Crippen molar-refractivity contribution in [3.63, 3.8) is 0 Å². The first-order valence-electron chi connectivity index (χ1n) is 6.62. The van der Waals surface area contributed by atoms with E-state index in [0.29, 0.717) is 18.1 Å². The number of nitrogens with one attached hydrogen (secondary N) is 1. The van der Waals surface area contributed by atoms with Crippen LogP contribution in [0.25, 0.3) is 0 Å². The summed E-state index contributed by atoms with van der Waals surface area (Å²) in [5, 5.41) is 15.7. The second kappa shape index (κ2) is 6.17. The third-order valence-electron chi connectivity index (χ3n) is 2.98. The van der Waals surface area contributed by atoms with Crippen LogP contribution >= 0.6 is 0 Å². The Labute approximate surface area is 121 Å². The first-order chi connectivity index (χ1) is 10.0. The molecule has 0 saturated heterocycles. The number of carboxylic acid groups (broad SMARTS) is 1. The Morgan fingerprint density at radius 3 is 2.62 bits per heavy atom. The summed E-state index contributed by atoms with van der Waals surface area (Å²) in [6, 6.07) is 4.58. The number of anilines is 1. The molecule has 0 radical (unpaired) electrons.